The third-order valence-corrected chi connectivity index (χ3v) is 4.98. The maximum absolute atomic E-state index is 12.1. The molecule has 0 atom stereocenters. The molecule has 0 spiro atoms. The number of thiazole rings is 1. The fourth-order valence-corrected chi connectivity index (χ4v) is 3.65. The van der Waals surface area contributed by atoms with Crippen molar-refractivity contribution in [1.82, 2.24) is 4.57 Å². The second-order valence-electron chi connectivity index (χ2n) is 5.88. The third kappa shape index (κ3) is 4.28. The maximum Gasteiger partial charge on any atom is 0.307 e. The van der Waals surface area contributed by atoms with E-state index in [9.17, 15) is 9.59 Å². The number of carbonyl (C=O) groups is 2. The number of aryl methyl sites for hydroxylation is 1. The predicted octanol–water partition coefficient (Wildman–Crippen LogP) is 2.89. The molecule has 0 N–H and O–H groups in total. The Labute approximate surface area is 150 Å². The highest BCUT2D eigenvalue weighted by Gasteiger charge is 2.29. The van der Waals surface area contributed by atoms with Crippen molar-refractivity contribution < 1.29 is 19.1 Å². The first-order chi connectivity index (χ1) is 12.1. The van der Waals surface area contributed by atoms with Crippen molar-refractivity contribution in [3.05, 3.63) is 23.0 Å². The molecule has 134 valence electrons. The van der Waals surface area contributed by atoms with Crippen LogP contribution in [0.4, 0.5) is 0 Å². The molecule has 1 aromatic heterocycles. The molecule has 0 radical (unpaired) electrons. The highest BCUT2D eigenvalue weighted by atomic mass is 32.1. The summed E-state index contributed by atoms with van der Waals surface area (Å²) in [4.78, 5) is 28.8. The SMILES string of the molecule is CCOC(=O)CCn1c(=NC(=O)C2CC2)sc2cc(OCC)ccc21. The molecule has 25 heavy (non-hydrogen) atoms. The molecule has 2 aromatic rings. The van der Waals surface area contributed by atoms with Gasteiger partial charge in [-0.1, -0.05) is 11.3 Å². The fourth-order valence-electron chi connectivity index (χ4n) is 2.56. The molecule has 1 amide bonds. The lowest BCUT2D eigenvalue weighted by molar-refractivity contribution is -0.143. The van der Waals surface area contributed by atoms with Gasteiger partial charge in [0.25, 0.3) is 5.91 Å². The first-order valence-electron chi connectivity index (χ1n) is 8.62. The minimum Gasteiger partial charge on any atom is -0.494 e. The molecular formula is C18H22N2O4S. The van der Waals surface area contributed by atoms with Crippen LogP contribution in [0.1, 0.15) is 33.1 Å². The van der Waals surface area contributed by atoms with Gasteiger partial charge in [-0.25, -0.2) is 0 Å². The minimum absolute atomic E-state index is 0.0681. The number of benzene rings is 1. The van der Waals surface area contributed by atoms with Crippen molar-refractivity contribution in [1.29, 1.82) is 0 Å². The smallest absolute Gasteiger partial charge is 0.307 e. The van der Waals surface area contributed by atoms with Crippen LogP contribution in [0.5, 0.6) is 5.75 Å². The number of nitrogens with zero attached hydrogens (tertiary/aromatic N) is 2. The average Bonchev–Trinajstić information content (AvgIpc) is 3.37. The number of ether oxygens (including phenoxy) is 2. The van der Waals surface area contributed by atoms with Gasteiger partial charge in [0.1, 0.15) is 5.75 Å². The molecule has 0 saturated heterocycles. The molecule has 1 saturated carbocycles. The molecule has 7 heteroatoms. The molecular weight excluding hydrogens is 340 g/mol. The Morgan fingerprint density at radius 3 is 2.76 bits per heavy atom. The maximum atomic E-state index is 12.1. The van der Waals surface area contributed by atoms with E-state index in [4.69, 9.17) is 9.47 Å². The zero-order valence-electron chi connectivity index (χ0n) is 14.5. The van der Waals surface area contributed by atoms with Crippen LogP contribution in [0, 0.1) is 5.92 Å². The van der Waals surface area contributed by atoms with Gasteiger partial charge in [0.2, 0.25) is 0 Å². The summed E-state index contributed by atoms with van der Waals surface area (Å²) in [6, 6.07) is 5.79. The van der Waals surface area contributed by atoms with Crippen molar-refractivity contribution in [3.63, 3.8) is 0 Å². The van der Waals surface area contributed by atoms with Crippen molar-refractivity contribution >= 4 is 33.4 Å². The first-order valence-corrected chi connectivity index (χ1v) is 9.44. The minimum atomic E-state index is -0.250. The molecule has 1 aromatic carbocycles. The van der Waals surface area contributed by atoms with E-state index in [-0.39, 0.29) is 24.2 Å². The van der Waals surface area contributed by atoms with Gasteiger partial charge in [-0.05, 0) is 44.9 Å². The summed E-state index contributed by atoms with van der Waals surface area (Å²) >= 11 is 1.45. The monoisotopic (exact) mass is 362 g/mol. The van der Waals surface area contributed by atoms with Gasteiger partial charge >= 0.3 is 5.97 Å². The van der Waals surface area contributed by atoms with Gasteiger partial charge in [-0.15, -0.1) is 0 Å². The molecule has 1 fully saturated rings. The second-order valence-corrected chi connectivity index (χ2v) is 6.89. The summed E-state index contributed by atoms with van der Waals surface area (Å²) in [6.07, 6.45) is 2.09. The summed E-state index contributed by atoms with van der Waals surface area (Å²) in [5.74, 6) is 0.540. The quantitative estimate of drug-likeness (QED) is 0.710. The van der Waals surface area contributed by atoms with Crippen LogP contribution in [0.15, 0.2) is 23.2 Å². The van der Waals surface area contributed by atoms with Crippen LogP contribution in [0.25, 0.3) is 10.2 Å². The highest BCUT2D eigenvalue weighted by Crippen LogP contribution is 2.30. The van der Waals surface area contributed by atoms with E-state index in [0.29, 0.717) is 24.6 Å². The molecule has 0 aliphatic heterocycles. The van der Waals surface area contributed by atoms with E-state index < -0.39 is 0 Å². The van der Waals surface area contributed by atoms with Crippen molar-refractivity contribution in [2.24, 2.45) is 10.9 Å². The van der Waals surface area contributed by atoms with Crippen LogP contribution >= 0.6 is 11.3 Å². The Kier molecular flexibility index (Phi) is 5.53. The van der Waals surface area contributed by atoms with E-state index >= 15 is 0 Å². The van der Waals surface area contributed by atoms with Crippen molar-refractivity contribution in [2.45, 2.75) is 39.7 Å². The van der Waals surface area contributed by atoms with Gasteiger partial charge in [0.15, 0.2) is 4.80 Å². The van der Waals surface area contributed by atoms with Gasteiger partial charge < -0.3 is 14.0 Å². The number of fused-ring (bicyclic) bond motifs is 1. The Morgan fingerprint density at radius 1 is 1.28 bits per heavy atom. The van der Waals surface area contributed by atoms with E-state index in [2.05, 4.69) is 4.99 Å². The van der Waals surface area contributed by atoms with Crippen molar-refractivity contribution in [3.8, 4) is 5.75 Å². The predicted molar refractivity (Wildman–Crippen MR) is 95.5 cm³/mol. The zero-order valence-corrected chi connectivity index (χ0v) is 15.3. The average molecular weight is 362 g/mol. The Morgan fingerprint density at radius 2 is 2.08 bits per heavy atom. The number of aromatic nitrogens is 1. The van der Waals surface area contributed by atoms with E-state index in [1.165, 1.54) is 11.3 Å². The van der Waals surface area contributed by atoms with Crippen LogP contribution < -0.4 is 9.54 Å². The Hall–Kier alpha value is -2.15. The largest absolute Gasteiger partial charge is 0.494 e. The molecule has 1 heterocycles. The highest BCUT2D eigenvalue weighted by molar-refractivity contribution is 7.16. The summed E-state index contributed by atoms with van der Waals surface area (Å²) < 4.78 is 13.5. The van der Waals surface area contributed by atoms with Gasteiger partial charge in [0, 0.05) is 12.5 Å². The van der Waals surface area contributed by atoms with Crippen LogP contribution in [-0.2, 0) is 20.9 Å². The lowest BCUT2D eigenvalue weighted by Crippen LogP contribution is -2.19. The normalized spacial score (nSPS) is 14.7. The summed E-state index contributed by atoms with van der Waals surface area (Å²) in [5.41, 5.74) is 0.945. The second kappa shape index (κ2) is 7.82. The number of carbonyl (C=O) groups excluding carboxylic acids is 2. The lowest BCUT2D eigenvalue weighted by atomic mass is 10.3. The van der Waals surface area contributed by atoms with E-state index in [1.807, 2.05) is 29.7 Å². The number of hydrogen-bond donors (Lipinski definition) is 0. The zero-order chi connectivity index (χ0) is 17.8. The Balaban J connectivity index is 1.97. The van der Waals surface area contributed by atoms with E-state index in [1.54, 1.807) is 6.92 Å². The molecule has 0 bridgehead atoms. The number of esters is 1. The van der Waals surface area contributed by atoms with Crippen LogP contribution in [0.3, 0.4) is 0 Å². The summed E-state index contributed by atoms with van der Waals surface area (Å²) in [5, 5.41) is 0. The van der Waals surface area contributed by atoms with Crippen LogP contribution in [-0.4, -0.2) is 29.7 Å². The van der Waals surface area contributed by atoms with E-state index in [0.717, 1.165) is 28.8 Å². The summed E-state index contributed by atoms with van der Waals surface area (Å²) in [7, 11) is 0. The lowest BCUT2D eigenvalue weighted by Gasteiger charge is -2.06. The van der Waals surface area contributed by atoms with Gasteiger partial charge in [0.05, 0.1) is 29.9 Å². The van der Waals surface area contributed by atoms with Crippen molar-refractivity contribution in [2.75, 3.05) is 13.2 Å². The molecule has 3 rings (SSSR count). The number of amides is 1. The third-order valence-electron chi connectivity index (χ3n) is 3.94. The summed E-state index contributed by atoms with van der Waals surface area (Å²) in [6.45, 7) is 5.12. The number of rotatable bonds is 7. The number of hydrogen-bond acceptors (Lipinski definition) is 5. The molecule has 0 unspecified atom stereocenters. The van der Waals surface area contributed by atoms with Gasteiger partial charge in [-0.3, -0.25) is 9.59 Å². The Bertz CT molecular complexity index is 848. The molecule has 6 nitrogen and oxygen atoms in total. The fraction of sp³-hybridized carbons (Fsp3) is 0.500. The standard InChI is InChI=1S/C18H22N2O4S/c1-3-23-13-7-8-14-15(11-13)25-18(19-17(22)12-5-6-12)20(14)10-9-16(21)24-4-2/h7-8,11-12H,3-6,9-10H2,1-2H3. The molecule has 1 aliphatic carbocycles. The van der Waals surface area contributed by atoms with Gasteiger partial charge in [-0.2, -0.15) is 4.99 Å². The molecule has 1 aliphatic rings. The van der Waals surface area contributed by atoms with Crippen LogP contribution in [0.2, 0.25) is 0 Å². The topological polar surface area (TPSA) is 69.9 Å². The first kappa shape index (κ1) is 17.7.